The predicted octanol–water partition coefficient (Wildman–Crippen LogP) is 13.4. The number of carbonyl (C=O) groups is 5. The minimum absolute atomic E-state index is 0. The number of likely N-dealkylation sites (tertiary alicyclic amines) is 5. The van der Waals surface area contributed by atoms with Crippen molar-refractivity contribution in [2.45, 2.75) is 245 Å². The maximum Gasteiger partial charge on any atom is 0.376 e. The fourth-order valence-electron chi connectivity index (χ4n) is 19.6. The number of hydrogen-bond acceptors (Lipinski definition) is 11. The Hall–Kier alpha value is -4.51. The van der Waals surface area contributed by atoms with Crippen molar-refractivity contribution < 1.29 is 56.7 Å². The predicted molar refractivity (Wildman–Crippen MR) is 401 cm³/mol. The third kappa shape index (κ3) is 16.3. The van der Waals surface area contributed by atoms with E-state index in [0.717, 1.165) is 88.1 Å². The van der Waals surface area contributed by atoms with E-state index >= 15 is 0 Å². The van der Waals surface area contributed by atoms with Crippen molar-refractivity contribution in [3.05, 3.63) is 99.6 Å². The molecule has 2 aliphatic carbocycles. The number of fused-ring (bicyclic) bond motifs is 6. The molecule has 0 aromatic heterocycles. The molecule has 13 rings (SSSR count). The van der Waals surface area contributed by atoms with Crippen LogP contribution in [0.1, 0.15) is 202 Å². The molecule has 9 fully saturated rings. The summed E-state index contributed by atoms with van der Waals surface area (Å²) in [5, 5.41) is 29.6. The van der Waals surface area contributed by atoms with Crippen LogP contribution in [0.15, 0.2) is 54.6 Å². The number of carboxylic acids is 1. The molecule has 25 heteroatoms. The van der Waals surface area contributed by atoms with E-state index in [9.17, 15) is 56.7 Å². The molecule has 7 saturated heterocycles. The smallest absolute Gasteiger partial charge is 0.376 e. The highest BCUT2D eigenvalue weighted by Gasteiger charge is 2.62. The van der Waals surface area contributed by atoms with Crippen molar-refractivity contribution in [2.24, 2.45) is 34.5 Å². The van der Waals surface area contributed by atoms with Gasteiger partial charge in [-0.3, -0.25) is 33.8 Å². The van der Waals surface area contributed by atoms with Gasteiger partial charge in [0.05, 0.1) is 28.1 Å². The molecule has 3 aromatic rings. The van der Waals surface area contributed by atoms with Crippen molar-refractivity contribution >= 4 is 85.8 Å². The van der Waals surface area contributed by atoms with Gasteiger partial charge in [0.25, 0.3) is 0 Å². The molecule has 3 aromatic carbocycles. The molecule has 3 spiro atoms. The van der Waals surface area contributed by atoms with E-state index in [1.807, 2.05) is 79.2 Å². The zero-order valence-corrected chi connectivity index (χ0v) is 65.2. The van der Waals surface area contributed by atoms with Gasteiger partial charge < -0.3 is 44.4 Å². The number of rotatable bonds is 9. The first-order valence-corrected chi connectivity index (χ1v) is 37.9. The van der Waals surface area contributed by atoms with Crippen LogP contribution < -0.4 is 4.90 Å². The average Bonchev–Trinajstić information content (AvgIpc) is 1.58. The topological polar surface area (TPSA) is 172 Å². The Balaban J connectivity index is 0.000000178. The molecule has 566 valence electrons. The first-order chi connectivity index (χ1) is 47.0. The zero-order chi connectivity index (χ0) is 73.0. The largest absolute Gasteiger partial charge is 0.481 e. The number of halogens is 7. The van der Waals surface area contributed by atoms with Gasteiger partial charge in [-0.15, -0.1) is 24.8 Å². The molecule has 8 aliphatic heterocycles. The Labute approximate surface area is 622 Å². The molecular weight excluding hydrogens is 1370 g/mol. The van der Waals surface area contributed by atoms with E-state index in [-0.39, 0.29) is 95.1 Å². The maximum atomic E-state index is 14.9. The summed E-state index contributed by atoms with van der Waals surface area (Å²) in [4.78, 5) is 82.2. The Bertz CT molecular complexity index is 3450. The Kier molecular flexibility index (Phi) is 26.8. The Morgan fingerprint density at radius 1 is 0.539 bits per heavy atom. The first-order valence-electron chi connectivity index (χ1n) is 37.5. The van der Waals surface area contributed by atoms with Gasteiger partial charge in [0.2, 0.25) is 23.6 Å². The van der Waals surface area contributed by atoms with Gasteiger partial charge in [-0.25, -0.2) is 17.6 Å². The van der Waals surface area contributed by atoms with Gasteiger partial charge in [0.15, 0.2) is 0 Å². The van der Waals surface area contributed by atoms with Crippen LogP contribution in [0, 0.1) is 57.8 Å². The molecule has 0 bridgehead atoms. The third-order valence-electron chi connectivity index (χ3n) is 25.2. The van der Waals surface area contributed by atoms with Crippen molar-refractivity contribution in [3.63, 3.8) is 0 Å². The van der Waals surface area contributed by atoms with E-state index in [4.69, 9.17) is 11.6 Å². The Morgan fingerprint density at radius 2 is 0.941 bits per heavy atom. The second kappa shape index (κ2) is 32.9. The summed E-state index contributed by atoms with van der Waals surface area (Å²) >= 11 is 6.20. The monoisotopic (exact) mass is 1480 g/mol. The van der Waals surface area contributed by atoms with Crippen LogP contribution >= 0.6 is 36.4 Å². The lowest BCUT2D eigenvalue weighted by atomic mass is 9.63. The van der Waals surface area contributed by atoms with Gasteiger partial charge in [-0.05, 0) is 246 Å². The van der Waals surface area contributed by atoms with Crippen LogP contribution in [0.5, 0.6) is 0 Å². The summed E-state index contributed by atoms with van der Waals surface area (Å²) in [6.07, 6.45) is 14.3. The minimum Gasteiger partial charge on any atom is -0.481 e. The molecule has 8 atom stereocenters. The fraction of sp³-hybridized carbons (Fsp3) is 0.701. The van der Waals surface area contributed by atoms with E-state index in [0.29, 0.717) is 104 Å². The molecule has 4 amide bonds. The molecule has 10 aliphatic rings. The van der Waals surface area contributed by atoms with Gasteiger partial charge >= 0.3 is 20.1 Å². The first kappa shape index (κ1) is 83.1. The van der Waals surface area contributed by atoms with Crippen molar-refractivity contribution in [2.75, 3.05) is 70.3 Å². The standard InChI is InChI=1S/C30H43F2N3O2.C16H22BClN2O2.C16H29BN2O2.C15H19F2NO2.2ClH/c1-19(2)35-26-9-7-6-8-24(26)30(28(35)37)12-14-33(15-13-30)27(36)23-18-34(29(3,4)5)17-22(23)21-11-10-20(31)16-25(21)32;1-11(2)20-14-5-4-12(18)10-13(14)16(15(20)21)6-8-19(9-7-16)17(3)22;1-12(2)19-14-7-5-4-6-13(14)16(15(19)20)8-10-18(11-9-16)17(3)21;1-15(2,3)18-7-11(12(8-18)14(19)20)10-5-4-9(16)6-13(10)17;;/h10-11,16,19,22-24,26H,6-9,12-15,17-18H2,1-5H3;4-5,10-11,22H,6-9H2,1-3H3;12-14,21H,4-11H2,1-3H3;4-6,11-12H,7-8H2,1-3H3,(H,19,20);2*1H/t22-,23?,24?,26?;;;11-,12?;;/m0..0../s1. The van der Waals surface area contributed by atoms with Crippen LogP contribution in [0.3, 0.4) is 0 Å². The summed E-state index contributed by atoms with van der Waals surface area (Å²) in [6.45, 7) is 34.8. The highest BCUT2D eigenvalue weighted by atomic mass is 35.5. The summed E-state index contributed by atoms with van der Waals surface area (Å²) in [5.74, 6) is -3.39. The molecular formula is C77H115B2Cl3F4N8O8. The molecule has 102 heavy (non-hydrogen) atoms. The lowest BCUT2D eigenvalue weighted by Gasteiger charge is -2.43. The number of hydrogen-bond donors (Lipinski definition) is 3. The number of nitrogens with zero attached hydrogens (tertiary/aromatic N) is 8. The second-order valence-corrected chi connectivity index (χ2v) is 34.2. The zero-order valence-electron chi connectivity index (χ0n) is 62.8. The van der Waals surface area contributed by atoms with Gasteiger partial charge in [0.1, 0.15) is 23.3 Å². The lowest BCUT2D eigenvalue weighted by molar-refractivity contribution is -0.146. The number of carboxylic acid groups (broad SMARTS) is 1. The molecule has 16 nitrogen and oxygen atoms in total. The van der Waals surface area contributed by atoms with Crippen LogP contribution in [-0.4, -0.2) is 200 Å². The van der Waals surface area contributed by atoms with E-state index < -0.39 is 53.5 Å². The number of carbonyl (C=O) groups excluding carboxylic acids is 4. The SMILES string of the molecule is CB(O)N1CCC2(CC1)C(=O)N(C(C)C)C1CCCCC12.CB(O)N1CCC2(CC1)C(=O)N(C(C)C)c1ccc(Cl)cc12.CC(C)(C)N1CC(C(=O)O)[C@H](c2ccc(F)cc2F)C1.CC(C)N1C(=O)C2(CCN(C(=O)C3CN(C(C)(C)C)C[C@H]3c3ccc(F)cc3F)CC2)C2CCCCC21.Cl.Cl. The van der Waals surface area contributed by atoms with E-state index in [2.05, 4.69) is 68.0 Å². The van der Waals surface area contributed by atoms with E-state index in [1.165, 1.54) is 62.8 Å². The molecule has 2 saturated carbocycles. The number of aliphatic carboxylic acids is 1. The summed E-state index contributed by atoms with van der Waals surface area (Å²) in [7, 11) is -0.851. The number of anilines is 1. The average molecular weight is 1480 g/mol. The number of benzene rings is 3. The van der Waals surface area contributed by atoms with Crippen molar-refractivity contribution in [3.8, 4) is 0 Å². The second-order valence-electron chi connectivity index (χ2n) is 33.8. The highest BCUT2D eigenvalue weighted by molar-refractivity contribution is 6.45. The van der Waals surface area contributed by atoms with Crippen molar-refractivity contribution in [1.29, 1.82) is 0 Å². The van der Waals surface area contributed by atoms with Crippen molar-refractivity contribution in [1.82, 2.24) is 34.1 Å². The molecule has 3 N–H and O–H groups in total. The summed E-state index contributed by atoms with van der Waals surface area (Å²) in [6, 6.07) is 14.3. The van der Waals surface area contributed by atoms with Gasteiger partial charge in [-0.2, -0.15) is 0 Å². The third-order valence-corrected chi connectivity index (χ3v) is 25.4. The number of piperidine rings is 3. The summed E-state index contributed by atoms with van der Waals surface area (Å²) in [5.41, 5.74) is 1.47. The Morgan fingerprint density at radius 3 is 1.33 bits per heavy atom. The minimum atomic E-state index is -0.939. The van der Waals surface area contributed by atoms with Crippen LogP contribution in [0.2, 0.25) is 18.7 Å². The molecule has 0 radical (unpaired) electrons. The quantitative estimate of drug-likeness (QED) is 0.137. The maximum absolute atomic E-state index is 14.9. The summed E-state index contributed by atoms with van der Waals surface area (Å²) < 4.78 is 55.4. The molecule has 6 unspecified atom stereocenters. The van der Waals surface area contributed by atoms with Crippen LogP contribution in [0.4, 0.5) is 23.2 Å². The lowest BCUT2D eigenvalue weighted by Crippen LogP contribution is -2.52. The molecule has 8 heterocycles. The van der Waals surface area contributed by atoms with Crippen LogP contribution in [-0.2, 0) is 29.4 Å². The van der Waals surface area contributed by atoms with Gasteiger partial charge in [-0.1, -0.05) is 49.4 Å². The fourth-order valence-corrected chi connectivity index (χ4v) is 19.8. The van der Waals surface area contributed by atoms with Crippen LogP contribution in [0.25, 0.3) is 0 Å². The number of amides is 4. The normalized spacial score (nSPS) is 27.0. The van der Waals surface area contributed by atoms with E-state index in [1.54, 1.807) is 6.82 Å². The van der Waals surface area contributed by atoms with Gasteiger partial charge in [0, 0.05) is 115 Å². The highest BCUT2D eigenvalue weighted by Crippen LogP contribution is 2.57.